The molecule has 1 rings (SSSR count). The molecular weight excluding hydrogens is 268 g/mol. The second-order valence-corrected chi connectivity index (χ2v) is 4.56. The predicted octanol–water partition coefficient (Wildman–Crippen LogP) is 3.12. The van der Waals surface area contributed by atoms with Crippen LogP contribution in [0.25, 0.3) is 0 Å². The molecule has 0 aliphatic carbocycles. The first-order valence-electron chi connectivity index (χ1n) is 5.19. The first-order valence-corrected chi connectivity index (χ1v) is 6.08. The number of allylic oxidation sites excluding steroid dienone is 2. The number of benzene rings is 1. The van der Waals surface area contributed by atoms with E-state index in [1.807, 2.05) is 0 Å². The third-order valence-corrected chi connectivity index (χ3v) is 3.51. The maximum absolute atomic E-state index is 11.2. The lowest BCUT2D eigenvalue weighted by Gasteiger charge is -2.16. The van der Waals surface area contributed by atoms with Gasteiger partial charge in [-0.3, -0.25) is 0 Å². The highest BCUT2D eigenvalue weighted by molar-refractivity contribution is 7.81. The third-order valence-electron chi connectivity index (χ3n) is 2.53. The molecule has 0 radical (unpaired) electrons. The van der Waals surface area contributed by atoms with Gasteiger partial charge in [-0.15, -0.1) is 38.4 Å². The minimum atomic E-state index is -1.12. The lowest BCUT2D eigenvalue weighted by Crippen LogP contribution is -2.06. The summed E-state index contributed by atoms with van der Waals surface area (Å²) in [4.78, 5) is 11.7. The first-order chi connectivity index (χ1) is 8.45. The third kappa shape index (κ3) is 2.57. The average molecular weight is 282 g/mol. The Bertz CT molecular complexity index is 484. The Morgan fingerprint density at radius 3 is 1.78 bits per heavy atom. The van der Waals surface area contributed by atoms with E-state index >= 15 is 0 Å². The quantitative estimate of drug-likeness (QED) is 0.496. The summed E-state index contributed by atoms with van der Waals surface area (Å²) in [6.45, 7) is 7.16. The van der Waals surface area contributed by atoms with Gasteiger partial charge in [-0.2, -0.15) is 0 Å². The summed E-state index contributed by atoms with van der Waals surface area (Å²) in [7, 11) is 0. The number of aromatic hydroxyl groups is 1. The molecular formula is C13H14O3S2. The van der Waals surface area contributed by atoms with Crippen molar-refractivity contribution in [1.82, 2.24) is 0 Å². The van der Waals surface area contributed by atoms with Crippen molar-refractivity contribution in [2.45, 2.75) is 22.6 Å². The van der Waals surface area contributed by atoms with E-state index in [1.54, 1.807) is 12.2 Å². The maximum Gasteiger partial charge on any atom is 0.337 e. The second-order valence-electron chi connectivity index (χ2n) is 3.67. The lowest BCUT2D eigenvalue weighted by molar-refractivity contribution is 0.0688. The molecule has 0 aromatic heterocycles. The van der Waals surface area contributed by atoms with Gasteiger partial charge in [0.2, 0.25) is 0 Å². The van der Waals surface area contributed by atoms with Crippen molar-refractivity contribution in [3.05, 3.63) is 42.0 Å². The number of carbonyl (C=O) groups is 1. The van der Waals surface area contributed by atoms with Crippen LogP contribution in [0.3, 0.4) is 0 Å². The molecule has 0 bridgehead atoms. The number of thiol groups is 2. The molecule has 0 saturated carbocycles. The van der Waals surface area contributed by atoms with Crippen LogP contribution in [-0.2, 0) is 12.8 Å². The molecule has 0 unspecified atom stereocenters. The van der Waals surface area contributed by atoms with E-state index in [9.17, 15) is 15.0 Å². The molecule has 2 N–H and O–H groups in total. The standard InChI is InChI=1S/C13H14O3S2/c1-3-5-7-10(14)8(6-4-2)12(18)9(11(7)17)13(15)16/h3-4,14,17-18H,1-2,5-6H2,(H,15,16). The van der Waals surface area contributed by atoms with Crippen molar-refractivity contribution in [2.24, 2.45) is 0 Å². The van der Waals surface area contributed by atoms with Gasteiger partial charge in [0.05, 0.1) is 5.56 Å². The zero-order chi connectivity index (χ0) is 13.9. The van der Waals surface area contributed by atoms with Crippen LogP contribution < -0.4 is 0 Å². The number of hydrogen-bond donors (Lipinski definition) is 4. The smallest absolute Gasteiger partial charge is 0.337 e. The van der Waals surface area contributed by atoms with Crippen molar-refractivity contribution in [3.63, 3.8) is 0 Å². The van der Waals surface area contributed by atoms with Gasteiger partial charge < -0.3 is 10.2 Å². The van der Waals surface area contributed by atoms with Crippen LogP contribution in [0.2, 0.25) is 0 Å². The number of hydrogen-bond acceptors (Lipinski definition) is 4. The normalized spacial score (nSPS) is 10.1. The Kier molecular flexibility index (Phi) is 4.93. The summed E-state index contributed by atoms with van der Waals surface area (Å²) >= 11 is 8.35. The molecule has 1 aromatic carbocycles. The molecule has 0 aliphatic rings. The monoisotopic (exact) mass is 282 g/mol. The zero-order valence-electron chi connectivity index (χ0n) is 9.68. The van der Waals surface area contributed by atoms with E-state index in [4.69, 9.17) is 0 Å². The van der Waals surface area contributed by atoms with E-state index in [-0.39, 0.29) is 21.1 Å². The molecule has 0 fully saturated rings. The van der Waals surface area contributed by atoms with E-state index in [1.165, 1.54) is 0 Å². The van der Waals surface area contributed by atoms with Crippen molar-refractivity contribution < 1.29 is 15.0 Å². The summed E-state index contributed by atoms with van der Waals surface area (Å²) in [5, 5.41) is 19.3. The largest absolute Gasteiger partial charge is 0.507 e. The molecule has 0 saturated heterocycles. The van der Waals surface area contributed by atoms with Gasteiger partial charge >= 0.3 is 5.97 Å². The summed E-state index contributed by atoms with van der Waals surface area (Å²) in [5.41, 5.74) is 0.883. The molecule has 0 amide bonds. The van der Waals surface area contributed by atoms with Crippen LogP contribution >= 0.6 is 25.3 Å². The molecule has 96 valence electrons. The predicted molar refractivity (Wildman–Crippen MR) is 77.4 cm³/mol. The van der Waals surface area contributed by atoms with Crippen LogP contribution in [0.1, 0.15) is 21.5 Å². The maximum atomic E-state index is 11.2. The van der Waals surface area contributed by atoms with Crippen LogP contribution in [0.15, 0.2) is 35.1 Å². The van der Waals surface area contributed by atoms with Gasteiger partial charge in [-0.1, -0.05) is 12.2 Å². The van der Waals surface area contributed by atoms with Crippen LogP contribution in [0, 0.1) is 0 Å². The highest BCUT2D eigenvalue weighted by Gasteiger charge is 2.22. The summed E-state index contributed by atoms with van der Waals surface area (Å²) in [6.07, 6.45) is 3.83. The molecule has 1 aromatic rings. The topological polar surface area (TPSA) is 57.5 Å². The molecule has 3 nitrogen and oxygen atoms in total. The molecule has 0 aliphatic heterocycles. The van der Waals surface area contributed by atoms with Gasteiger partial charge in [0.25, 0.3) is 0 Å². The van der Waals surface area contributed by atoms with Crippen LogP contribution in [0.4, 0.5) is 0 Å². The Labute approximate surface area is 117 Å². The first kappa shape index (κ1) is 14.7. The van der Waals surface area contributed by atoms with Crippen molar-refractivity contribution in [1.29, 1.82) is 0 Å². The molecule has 5 heteroatoms. The van der Waals surface area contributed by atoms with E-state index in [2.05, 4.69) is 38.4 Å². The number of carboxylic acid groups (broad SMARTS) is 1. The van der Waals surface area contributed by atoms with Crippen LogP contribution in [0.5, 0.6) is 5.75 Å². The fraction of sp³-hybridized carbons (Fsp3) is 0.154. The number of rotatable bonds is 5. The average Bonchev–Trinajstić information content (AvgIpc) is 2.30. The Hall–Kier alpha value is -1.33. The molecule has 0 heterocycles. The van der Waals surface area contributed by atoms with Gasteiger partial charge in [0.1, 0.15) is 5.75 Å². The fourth-order valence-corrected chi connectivity index (χ4v) is 2.60. The minimum Gasteiger partial charge on any atom is -0.507 e. The highest BCUT2D eigenvalue weighted by Crippen LogP contribution is 2.38. The molecule has 0 atom stereocenters. The number of phenols is 1. The summed E-state index contributed by atoms with van der Waals surface area (Å²) in [6, 6.07) is 0. The van der Waals surface area contributed by atoms with Crippen LogP contribution in [-0.4, -0.2) is 16.2 Å². The SMILES string of the molecule is C=CCc1c(O)c(CC=C)c(S)c(C(=O)O)c1S. The van der Waals surface area contributed by atoms with E-state index in [0.717, 1.165) is 0 Å². The zero-order valence-corrected chi connectivity index (χ0v) is 11.5. The Morgan fingerprint density at radius 2 is 1.50 bits per heavy atom. The Balaban J connectivity index is 3.68. The minimum absolute atomic E-state index is 0.00633. The Morgan fingerprint density at radius 1 is 1.11 bits per heavy atom. The number of carboxylic acids is 1. The van der Waals surface area contributed by atoms with Gasteiger partial charge in [-0.25, -0.2) is 4.79 Å². The van der Waals surface area contributed by atoms with Crippen molar-refractivity contribution >= 4 is 31.2 Å². The van der Waals surface area contributed by atoms with Gasteiger partial charge in [0, 0.05) is 20.9 Å². The number of phenolic OH excluding ortho intramolecular Hbond substituents is 1. The fourth-order valence-electron chi connectivity index (χ4n) is 1.70. The molecule has 0 spiro atoms. The van der Waals surface area contributed by atoms with E-state index in [0.29, 0.717) is 24.0 Å². The number of aromatic carboxylic acids is 1. The summed E-state index contributed by atoms with van der Waals surface area (Å²) in [5.74, 6) is -1.12. The van der Waals surface area contributed by atoms with Crippen molar-refractivity contribution in [2.75, 3.05) is 0 Å². The van der Waals surface area contributed by atoms with Gasteiger partial charge in [-0.05, 0) is 12.8 Å². The lowest BCUT2D eigenvalue weighted by atomic mass is 9.99. The highest BCUT2D eigenvalue weighted by atomic mass is 32.1. The van der Waals surface area contributed by atoms with E-state index < -0.39 is 5.97 Å². The molecule has 18 heavy (non-hydrogen) atoms. The summed E-state index contributed by atoms with van der Waals surface area (Å²) < 4.78 is 0. The van der Waals surface area contributed by atoms with Crippen molar-refractivity contribution in [3.8, 4) is 5.75 Å². The second kappa shape index (κ2) is 6.02. The van der Waals surface area contributed by atoms with Gasteiger partial charge in [0.15, 0.2) is 0 Å².